The Morgan fingerprint density at radius 2 is 2.00 bits per heavy atom. The highest BCUT2D eigenvalue weighted by Crippen LogP contribution is 2.42. The van der Waals surface area contributed by atoms with Crippen LogP contribution in [0.1, 0.15) is 12.5 Å². The molecule has 0 bridgehead atoms. The highest BCUT2D eigenvalue weighted by Gasteiger charge is 2.24. The predicted molar refractivity (Wildman–Crippen MR) is 51.6 cm³/mol. The molecule has 0 aliphatic heterocycles. The fraction of sp³-hybridized carbons (Fsp3) is 0.333. The molecule has 1 atom stereocenters. The summed E-state index contributed by atoms with van der Waals surface area (Å²) in [5.74, 6) is -0.423. The van der Waals surface area contributed by atoms with E-state index < -0.39 is 19.1 Å². The molecule has 1 aromatic carbocycles. The maximum absolute atomic E-state index is 13.1. The second-order valence-corrected chi connectivity index (χ2v) is 5.29. The SMILES string of the molecule is CC(Cc1ccccc1F)P(=O)(O)O. The van der Waals surface area contributed by atoms with Crippen LogP contribution in [0.3, 0.4) is 0 Å². The zero-order chi connectivity index (χ0) is 10.8. The van der Waals surface area contributed by atoms with E-state index in [-0.39, 0.29) is 6.42 Å². The van der Waals surface area contributed by atoms with Gasteiger partial charge in [0.25, 0.3) is 0 Å². The van der Waals surface area contributed by atoms with Crippen molar-refractivity contribution in [3.8, 4) is 0 Å². The van der Waals surface area contributed by atoms with Crippen LogP contribution in [0.2, 0.25) is 0 Å². The summed E-state index contributed by atoms with van der Waals surface area (Å²) in [4.78, 5) is 17.7. The van der Waals surface area contributed by atoms with Crippen molar-refractivity contribution in [2.24, 2.45) is 0 Å². The highest BCUT2D eigenvalue weighted by atomic mass is 31.2. The van der Waals surface area contributed by atoms with Crippen LogP contribution in [0.25, 0.3) is 0 Å². The molecule has 14 heavy (non-hydrogen) atoms. The fourth-order valence-corrected chi connectivity index (χ4v) is 1.54. The van der Waals surface area contributed by atoms with Gasteiger partial charge in [-0.2, -0.15) is 0 Å². The number of halogens is 1. The smallest absolute Gasteiger partial charge is 0.324 e. The average Bonchev–Trinajstić information content (AvgIpc) is 2.07. The first kappa shape index (κ1) is 11.4. The second kappa shape index (κ2) is 4.22. The molecule has 0 saturated carbocycles. The van der Waals surface area contributed by atoms with E-state index in [9.17, 15) is 8.96 Å². The van der Waals surface area contributed by atoms with E-state index in [2.05, 4.69) is 0 Å². The highest BCUT2D eigenvalue weighted by molar-refractivity contribution is 7.52. The summed E-state index contributed by atoms with van der Waals surface area (Å²) in [6.45, 7) is 1.41. The topological polar surface area (TPSA) is 57.5 Å². The Balaban J connectivity index is 2.80. The minimum Gasteiger partial charge on any atom is -0.324 e. The number of benzene rings is 1. The molecule has 0 aliphatic rings. The molecule has 0 amide bonds. The zero-order valence-electron chi connectivity index (χ0n) is 7.72. The van der Waals surface area contributed by atoms with Crippen molar-refractivity contribution < 1.29 is 18.7 Å². The Hall–Kier alpha value is -0.700. The van der Waals surface area contributed by atoms with Gasteiger partial charge in [0.15, 0.2) is 0 Å². The molecule has 78 valence electrons. The summed E-state index contributed by atoms with van der Waals surface area (Å²) in [5.41, 5.74) is -0.511. The quantitative estimate of drug-likeness (QED) is 0.762. The first-order valence-electron chi connectivity index (χ1n) is 4.20. The van der Waals surface area contributed by atoms with Crippen LogP contribution in [0.15, 0.2) is 24.3 Å². The standard InChI is InChI=1S/C9H12FO3P/c1-7(14(11,12)13)6-8-4-2-3-5-9(8)10/h2-5,7H,6H2,1H3,(H2,11,12,13). The Morgan fingerprint density at radius 3 is 2.50 bits per heavy atom. The average molecular weight is 218 g/mol. The first-order chi connectivity index (χ1) is 6.41. The lowest BCUT2D eigenvalue weighted by atomic mass is 10.1. The molecule has 0 aliphatic carbocycles. The lowest BCUT2D eigenvalue weighted by Gasteiger charge is -2.13. The van der Waals surface area contributed by atoms with Gasteiger partial charge in [0.05, 0.1) is 5.66 Å². The lowest BCUT2D eigenvalue weighted by molar-refractivity contribution is 0.359. The van der Waals surface area contributed by atoms with Crippen molar-refractivity contribution >= 4 is 7.60 Å². The summed E-state index contributed by atoms with van der Waals surface area (Å²) < 4.78 is 23.9. The third-order valence-corrected chi connectivity index (χ3v) is 3.38. The molecule has 1 rings (SSSR count). The minimum atomic E-state index is -4.11. The van der Waals surface area contributed by atoms with Crippen LogP contribution in [0.5, 0.6) is 0 Å². The summed E-state index contributed by atoms with van der Waals surface area (Å²) in [5, 5.41) is 0. The summed E-state index contributed by atoms with van der Waals surface area (Å²) in [7, 11) is -4.11. The van der Waals surface area contributed by atoms with Crippen LogP contribution in [0.4, 0.5) is 4.39 Å². The van der Waals surface area contributed by atoms with Crippen LogP contribution in [-0.4, -0.2) is 15.4 Å². The van der Waals surface area contributed by atoms with Gasteiger partial charge in [0.2, 0.25) is 0 Å². The number of rotatable bonds is 3. The molecule has 0 fully saturated rings. The third-order valence-electron chi connectivity index (χ3n) is 2.05. The molecule has 1 unspecified atom stereocenters. The first-order valence-corrected chi connectivity index (χ1v) is 5.88. The van der Waals surface area contributed by atoms with Crippen molar-refractivity contribution in [3.05, 3.63) is 35.6 Å². The molecular formula is C9H12FO3P. The van der Waals surface area contributed by atoms with E-state index in [1.165, 1.54) is 19.1 Å². The molecule has 0 radical (unpaired) electrons. The van der Waals surface area contributed by atoms with Gasteiger partial charge in [-0.25, -0.2) is 4.39 Å². The molecule has 0 saturated heterocycles. The summed E-state index contributed by atoms with van der Waals surface area (Å²) in [6.07, 6.45) is 0.0525. The van der Waals surface area contributed by atoms with Gasteiger partial charge in [0, 0.05) is 0 Å². The van der Waals surface area contributed by atoms with E-state index in [0.717, 1.165) is 0 Å². The number of hydrogen-bond donors (Lipinski definition) is 2. The van der Waals surface area contributed by atoms with Gasteiger partial charge < -0.3 is 9.79 Å². The maximum Gasteiger partial charge on any atom is 0.328 e. The molecule has 0 heterocycles. The van der Waals surface area contributed by atoms with Crippen molar-refractivity contribution in [1.29, 1.82) is 0 Å². The van der Waals surface area contributed by atoms with Gasteiger partial charge in [-0.3, -0.25) is 4.57 Å². The molecule has 0 aromatic heterocycles. The largest absolute Gasteiger partial charge is 0.328 e. The van der Waals surface area contributed by atoms with Gasteiger partial charge in [0.1, 0.15) is 5.82 Å². The molecule has 0 spiro atoms. The van der Waals surface area contributed by atoms with Crippen molar-refractivity contribution in [3.63, 3.8) is 0 Å². The zero-order valence-corrected chi connectivity index (χ0v) is 8.62. The summed E-state index contributed by atoms with van der Waals surface area (Å²) >= 11 is 0. The molecule has 3 nitrogen and oxygen atoms in total. The fourth-order valence-electron chi connectivity index (χ4n) is 1.10. The monoisotopic (exact) mass is 218 g/mol. The third kappa shape index (κ3) is 2.91. The van der Waals surface area contributed by atoms with E-state index >= 15 is 0 Å². The van der Waals surface area contributed by atoms with E-state index in [1.54, 1.807) is 12.1 Å². The minimum absolute atomic E-state index is 0.0525. The normalized spacial score (nSPS) is 14.0. The predicted octanol–water partition coefficient (Wildman–Crippen LogP) is 1.93. The Labute approximate surface area is 81.7 Å². The Bertz CT molecular complexity index is 361. The second-order valence-electron chi connectivity index (χ2n) is 3.23. The van der Waals surface area contributed by atoms with E-state index in [0.29, 0.717) is 5.56 Å². The molecule has 1 aromatic rings. The lowest BCUT2D eigenvalue weighted by Crippen LogP contribution is -2.08. The van der Waals surface area contributed by atoms with Crippen LogP contribution >= 0.6 is 7.60 Å². The van der Waals surface area contributed by atoms with Crippen molar-refractivity contribution in [2.45, 2.75) is 19.0 Å². The molecule has 2 N–H and O–H groups in total. The number of hydrogen-bond acceptors (Lipinski definition) is 1. The maximum atomic E-state index is 13.1. The van der Waals surface area contributed by atoms with Gasteiger partial charge in [-0.1, -0.05) is 25.1 Å². The van der Waals surface area contributed by atoms with Crippen molar-refractivity contribution in [2.75, 3.05) is 0 Å². The van der Waals surface area contributed by atoms with Crippen LogP contribution in [0, 0.1) is 5.82 Å². The van der Waals surface area contributed by atoms with Gasteiger partial charge in [-0.15, -0.1) is 0 Å². The van der Waals surface area contributed by atoms with E-state index in [4.69, 9.17) is 9.79 Å². The molecular weight excluding hydrogens is 206 g/mol. The van der Waals surface area contributed by atoms with Crippen LogP contribution in [-0.2, 0) is 11.0 Å². The van der Waals surface area contributed by atoms with E-state index in [1.807, 2.05) is 0 Å². The van der Waals surface area contributed by atoms with Gasteiger partial charge in [-0.05, 0) is 18.1 Å². The van der Waals surface area contributed by atoms with Crippen LogP contribution < -0.4 is 0 Å². The van der Waals surface area contributed by atoms with Crippen molar-refractivity contribution in [1.82, 2.24) is 0 Å². The Kier molecular flexibility index (Phi) is 3.43. The molecule has 5 heteroatoms. The van der Waals surface area contributed by atoms with Gasteiger partial charge >= 0.3 is 7.60 Å². The Morgan fingerprint density at radius 1 is 1.43 bits per heavy atom. The summed E-state index contributed by atoms with van der Waals surface area (Å²) in [6, 6.07) is 6.00.